The summed E-state index contributed by atoms with van der Waals surface area (Å²) in [5.74, 6) is 1.12. The molecule has 0 unspecified atom stereocenters. The molecular weight excluding hydrogens is 421 g/mol. The van der Waals surface area contributed by atoms with E-state index in [1.807, 2.05) is 30.3 Å². The molecule has 134 valence electrons. The van der Waals surface area contributed by atoms with Crippen LogP contribution in [0.15, 0.2) is 70.0 Å². The van der Waals surface area contributed by atoms with E-state index in [0.29, 0.717) is 37.0 Å². The zero-order valence-corrected chi connectivity index (χ0v) is 16.8. The Hall–Kier alpha value is -2.05. The zero-order chi connectivity index (χ0) is 19.0. The summed E-state index contributed by atoms with van der Waals surface area (Å²) in [7, 11) is 0. The monoisotopic (exact) mass is 431 g/mol. The normalized spacial score (nSPS) is 15.8. The number of nitrogens with zero attached hydrogens (tertiary/aromatic N) is 1. The number of benzene rings is 2. The van der Waals surface area contributed by atoms with Crippen LogP contribution in [0.25, 0.3) is 17.4 Å². The van der Waals surface area contributed by atoms with Gasteiger partial charge in [-0.1, -0.05) is 59.7 Å². The SMILES string of the molecule is O=C1S/C(=C\c2ccc(-c3c(Cl)cccc3Cl)o2)C(=S)N1c1ccccc1. The molecule has 3 nitrogen and oxygen atoms in total. The van der Waals surface area contributed by atoms with Crippen molar-refractivity contribution >= 4 is 69.2 Å². The molecule has 27 heavy (non-hydrogen) atoms. The Morgan fingerprint density at radius 1 is 0.963 bits per heavy atom. The molecule has 7 heteroatoms. The van der Waals surface area contributed by atoms with Crippen LogP contribution in [0.2, 0.25) is 10.0 Å². The van der Waals surface area contributed by atoms with Gasteiger partial charge >= 0.3 is 0 Å². The number of hydrogen-bond acceptors (Lipinski definition) is 4. The summed E-state index contributed by atoms with van der Waals surface area (Å²) in [6.45, 7) is 0. The van der Waals surface area contributed by atoms with Gasteiger partial charge in [0.1, 0.15) is 16.5 Å². The van der Waals surface area contributed by atoms with E-state index in [2.05, 4.69) is 0 Å². The summed E-state index contributed by atoms with van der Waals surface area (Å²) in [5.41, 5.74) is 1.38. The molecule has 1 aromatic heterocycles. The summed E-state index contributed by atoms with van der Waals surface area (Å²) in [6.07, 6.45) is 1.75. The van der Waals surface area contributed by atoms with E-state index in [0.717, 1.165) is 17.4 Å². The van der Waals surface area contributed by atoms with Crippen LogP contribution >= 0.6 is 47.2 Å². The third-order valence-electron chi connectivity index (χ3n) is 3.92. The van der Waals surface area contributed by atoms with Gasteiger partial charge in [0.25, 0.3) is 5.24 Å². The number of halogens is 2. The van der Waals surface area contributed by atoms with Crippen molar-refractivity contribution < 1.29 is 9.21 Å². The summed E-state index contributed by atoms with van der Waals surface area (Å²) in [5, 5.41) is 0.873. The first-order chi connectivity index (χ1) is 13.0. The van der Waals surface area contributed by atoms with Crippen molar-refractivity contribution in [1.29, 1.82) is 0 Å². The quantitative estimate of drug-likeness (QED) is 0.321. The van der Waals surface area contributed by atoms with Crippen LogP contribution in [-0.2, 0) is 0 Å². The average Bonchev–Trinajstić information content (AvgIpc) is 3.20. The molecule has 0 aliphatic carbocycles. The van der Waals surface area contributed by atoms with Crippen LogP contribution in [0.3, 0.4) is 0 Å². The maximum absolute atomic E-state index is 12.4. The molecule has 0 bridgehead atoms. The number of furan rings is 1. The third kappa shape index (κ3) is 3.56. The molecule has 2 aromatic carbocycles. The minimum absolute atomic E-state index is 0.140. The number of para-hydroxylation sites is 1. The minimum atomic E-state index is -0.140. The van der Waals surface area contributed by atoms with Gasteiger partial charge in [0.05, 0.1) is 26.2 Å². The van der Waals surface area contributed by atoms with Crippen LogP contribution in [0.4, 0.5) is 10.5 Å². The lowest BCUT2D eigenvalue weighted by Gasteiger charge is -2.14. The number of hydrogen-bond donors (Lipinski definition) is 0. The molecule has 0 N–H and O–H groups in total. The van der Waals surface area contributed by atoms with Crippen LogP contribution < -0.4 is 4.90 Å². The van der Waals surface area contributed by atoms with Crippen molar-refractivity contribution in [2.75, 3.05) is 4.90 Å². The second-order valence-electron chi connectivity index (χ2n) is 5.65. The highest BCUT2D eigenvalue weighted by Gasteiger charge is 2.33. The van der Waals surface area contributed by atoms with E-state index < -0.39 is 0 Å². The largest absolute Gasteiger partial charge is 0.457 e. The first kappa shape index (κ1) is 18.3. The van der Waals surface area contributed by atoms with E-state index in [-0.39, 0.29) is 5.24 Å². The number of thioether (sulfide) groups is 1. The Labute approximate surface area is 175 Å². The van der Waals surface area contributed by atoms with E-state index in [4.69, 9.17) is 39.8 Å². The Kier molecular flexibility index (Phi) is 5.10. The van der Waals surface area contributed by atoms with Gasteiger partial charge in [-0.2, -0.15) is 0 Å². The van der Waals surface area contributed by atoms with E-state index in [1.54, 1.807) is 36.4 Å². The summed E-state index contributed by atoms with van der Waals surface area (Å²) in [6, 6.07) is 18.2. The second-order valence-corrected chi connectivity index (χ2v) is 7.85. The van der Waals surface area contributed by atoms with E-state index in [1.165, 1.54) is 4.90 Å². The average molecular weight is 432 g/mol. The molecule has 0 radical (unpaired) electrons. The fraction of sp³-hybridized carbons (Fsp3) is 0. The molecule has 4 rings (SSSR count). The number of carbonyl (C=O) groups is 1. The van der Waals surface area contributed by atoms with Gasteiger partial charge in [0.2, 0.25) is 0 Å². The van der Waals surface area contributed by atoms with Gasteiger partial charge in [-0.25, -0.2) is 0 Å². The molecular formula is C20H11Cl2NO2S2. The molecule has 1 saturated heterocycles. The molecule has 1 amide bonds. The smallest absolute Gasteiger partial charge is 0.296 e. The first-order valence-corrected chi connectivity index (χ1v) is 9.90. The summed E-state index contributed by atoms with van der Waals surface area (Å²) < 4.78 is 5.87. The Bertz CT molecular complexity index is 1060. The summed E-state index contributed by atoms with van der Waals surface area (Å²) >= 11 is 19.0. The fourth-order valence-corrected chi connectivity index (χ4v) is 4.54. The molecule has 1 aliphatic rings. The molecule has 0 atom stereocenters. The second kappa shape index (κ2) is 7.52. The highest BCUT2D eigenvalue weighted by Crippen LogP contribution is 2.39. The zero-order valence-electron chi connectivity index (χ0n) is 13.7. The molecule has 1 aliphatic heterocycles. The number of anilines is 1. The van der Waals surface area contributed by atoms with Crippen LogP contribution in [-0.4, -0.2) is 10.2 Å². The maximum atomic E-state index is 12.4. The van der Waals surface area contributed by atoms with Crippen molar-refractivity contribution in [2.45, 2.75) is 0 Å². The molecule has 2 heterocycles. The van der Waals surface area contributed by atoms with Crippen molar-refractivity contribution in [1.82, 2.24) is 0 Å². The number of rotatable bonds is 3. The number of thiocarbonyl (C=S) groups is 1. The Balaban J connectivity index is 1.65. The first-order valence-electron chi connectivity index (χ1n) is 7.92. The van der Waals surface area contributed by atoms with Gasteiger partial charge in [0, 0.05) is 0 Å². The van der Waals surface area contributed by atoms with Gasteiger partial charge in [-0.3, -0.25) is 9.69 Å². The lowest BCUT2D eigenvalue weighted by molar-refractivity contribution is 0.268. The van der Waals surface area contributed by atoms with Crippen molar-refractivity contribution in [3.63, 3.8) is 0 Å². The minimum Gasteiger partial charge on any atom is -0.457 e. The standard InChI is InChI=1S/C20H11Cl2NO2S2/c21-14-7-4-8-15(22)18(14)16-10-9-13(25-16)11-17-19(26)23(20(24)27-17)12-5-2-1-3-6-12/h1-11H/b17-11-. The lowest BCUT2D eigenvalue weighted by atomic mass is 10.2. The van der Waals surface area contributed by atoms with Crippen molar-refractivity contribution in [2.24, 2.45) is 0 Å². The lowest BCUT2D eigenvalue weighted by Crippen LogP contribution is -2.26. The van der Waals surface area contributed by atoms with Crippen LogP contribution in [0.1, 0.15) is 5.76 Å². The predicted molar refractivity (Wildman–Crippen MR) is 117 cm³/mol. The van der Waals surface area contributed by atoms with E-state index in [9.17, 15) is 4.79 Å². The number of carbonyl (C=O) groups excluding carboxylic acids is 1. The highest BCUT2D eigenvalue weighted by molar-refractivity contribution is 8.20. The van der Waals surface area contributed by atoms with Gasteiger partial charge in [-0.05, 0) is 54.2 Å². The fourth-order valence-electron chi connectivity index (χ4n) is 2.69. The third-order valence-corrected chi connectivity index (χ3v) is 5.97. The summed E-state index contributed by atoms with van der Waals surface area (Å²) in [4.78, 5) is 15.0. The molecule has 1 fully saturated rings. The van der Waals surface area contributed by atoms with Crippen LogP contribution in [0.5, 0.6) is 0 Å². The van der Waals surface area contributed by atoms with Gasteiger partial charge in [0.15, 0.2) is 0 Å². The molecule has 0 saturated carbocycles. The highest BCUT2D eigenvalue weighted by atomic mass is 35.5. The van der Waals surface area contributed by atoms with Crippen molar-refractivity contribution in [3.8, 4) is 11.3 Å². The maximum Gasteiger partial charge on any atom is 0.296 e. The molecule has 3 aromatic rings. The van der Waals surface area contributed by atoms with Gasteiger partial charge < -0.3 is 4.42 Å². The molecule has 0 spiro atoms. The van der Waals surface area contributed by atoms with Gasteiger partial charge in [-0.15, -0.1) is 0 Å². The Morgan fingerprint density at radius 3 is 2.37 bits per heavy atom. The van der Waals surface area contributed by atoms with E-state index >= 15 is 0 Å². The topological polar surface area (TPSA) is 33.5 Å². The van der Waals surface area contributed by atoms with Crippen molar-refractivity contribution in [3.05, 3.63) is 81.4 Å². The Morgan fingerprint density at radius 2 is 1.67 bits per heavy atom. The number of amides is 1. The predicted octanol–water partition coefficient (Wildman–Crippen LogP) is 7.30. The van der Waals surface area contributed by atoms with Crippen LogP contribution in [0, 0.1) is 0 Å².